The van der Waals surface area contributed by atoms with E-state index in [1.165, 1.54) is 24.3 Å². The van der Waals surface area contributed by atoms with Crippen molar-refractivity contribution >= 4 is 11.8 Å². The number of ether oxygens (including phenoxy) is 3. The number of benzene rings is 2. The highest BCUT2D eigenvalue weighted by atomic mass is 19.1. The van der Waals surface area contributed by atoms with Gasteiger partial charge in [-0.1, -0.05) is 12.1 Å². The van der Waals surface area contributed by atoms with Gasteiger partial charge in [0.2, 0.25) is 6.10 Å². The highest BCUT2D eigenvalue weighted by molar-refractivity contribution is 5.95. The number of para-hydroxylation sites is 2. The van der Waals surface area contributed by atoms with E-state index < -0.39 is 12.1 Å². The minimum Gasteiger partial charge on any atom is -0.485 e. The summed E-state index contributed by atoms with van der Waals surface area (Å²) in [6.45, 7) is 0.192. The van der Waals surface area contributed by atoms with Crippen LogP contribution >= 0.6 is 0 Å². The van der Waals surface area contributed by atoms with E-state index in [1.807, 2.05) is 6.07 Å². The lowest BCUT2D eigenvalue weighted by Crippen LogP contribution is -2.38. The number of rotatable bonds is 6. The third-order valence-electron chi connectivity index (χ3n) is 3.73. The maximum atomic E-state index is 12.8. The first-order chi connectivity index (χ1) is 12.1. The molecule has 0 N–H and O–H groups in total. The number of carbonyl (C=O) groups is 2. The van der Waals surface area contributed by atoms with Crippen molar-refractivity contribution in [3.63, 3.8) is 0 Å². The van der Waals surface area contributed by atoms with Crippen molar-refractivity contribution in [1.29, 1.82) is 0 Å². The molecule has 6 heteroatoms. The second kappa shape index (κ2) is 7.79. The van der Waals surface area contributed by atoms with Crippen molar-refractivity contribution in [2.24, 2.45) is 0 Å². The van der Waals surface area contributed by atoms with Gasteiger partial charge in [0.25, 0.3) is 0 Å². The van der Waals surface area contributed by atoms with Crippen LogP contribution in [0, 0.1) is 5.82 Å². The minimum absolute atomic E-state index is 0.0877. The molecule has 0 amide bonds. The Labute approximate surface area is 144 Å². The van der Waals surface area contributed by atoms with Crippen LogP contribution in [0.2, 0.25) is 0 Å². The smallest absolute Gasteiger partial charge is 0.350 e. The Bertz CT molecular complexity index is 757. The van der Waals surface area contributed by atoms with Gasteiger partial charge in [-0.15, -0.1) is 0 Å². The number of ketones is 1. The van der Waals surface area contributed by atoms with Gasteiger partial charge in [-0.05, 0) is 42.8 Å². The molecule has 0 aliphatic carbocycles. The molecule has 0 aromatic heterocycles. The molecule has 1 aliphatic rings. The van der Waals surface area contributed by atoms with Gasteiger partial charge in [-0.2, -0.15) is 0 Å². The number of carbonyl (C=O) groups excluding carboxylic acids is 2. The lowest BCUT2D eigenvalue weighted by Gasteiger charge is -2.24. The summed E-state index contributed by atoms with van der Waals surface area (Å²) in [6, 6.07) is 12.4. The van der Waals surface area contributed by atoms with E-state index in [9.17, 15) is 14.0 Å². The molecule has 1 atom stereocenters. The molecule has 0 saturated carbocycles. The number of hydrogen-bond acceptors (Lipinski definition) is 5. The van der Waals surface area contributed by atoms with Gasteiger partial charge in [0, 0.05) is 12.0 Å². The molecule has 130 valence electrons. The van der Waals surface area contributed by atoms with E-state index >= 15 is 0 Å². The van der Waals surface area contributed by atoms with Crippen LogP contribution in [0.1, 0.15) is 23.2 Å². The third kappa shape index (κ3) is 4.35. The highest BCUT2D eigenvalue weighted by Crippen LogP contribution is 2.31. The van der Waals surface area contributed by atoms with Crippen LogP contribution in [0.15, 0.2) is 48.5 Å². The molecule has 25 heavy (non-hydrogen) atoms. The Morgan fingerprint density at radius 2 is 1.80 bits per heavy atom. The summed E-state index contributed by atoms with van der Waals surface area (Å²) in [7, 11) is 0. The maximum Gasteiger partial charge on any atom is 0.350 e. The number of Topliss-reactive ketones (excluding diaryl/α,β-unsaturated/α-hetero) is 1. The summed E-state index contributed by atoms with van der Waals surface area (Å²) in [6.07, 6.45) is -0.224. The number of esters is 1. The van der Waals surface area contributed by atoms with Gasteiger partial charge in [0.05, 0.1) is 6.61 Å². The molecule has 0 bridgehead atoms. The first-order valence-electron chi connectivity index (χ1n) is 7.97. The summed E-state index contributed by atoms with van der Waals surface area (Å²) >= 11 is 0. The summed E-state index contributed by atoms with van der Waals surface area (Å²) in [5.41, 5.74) is 0.438. The lowest BCUT2D eigenvalue weighted by molar-refractivity contribution is -0.154. The van der Waals surface area contributed by atoms with Gasteiger partial charge in [0.1, 0.15) is 12.4 Å². The van der Waals surface area contributed by atoms with Crippen LogP contribution < -0.4 is 9.47 Å². The fourth-order valence-corrected chi connectivity index (χ4v) is 2.41. The standard InChI is InChI=1S/C19H17FO5/c20-14-9-7-13(8-10-14)15(21)4-3-11-23-19(22)18-12-24-16-5-1-2-6-17(16)25-18/h1-2,5-10,18H,3-4,11-12H2/t18-/m0/s1. The van der Waals surface area contributed by atoms with Crippen molar-refractivity contribution in [1.82, 2.24) is 0 Å². The van der Waals surface area contributed by atoms with E-state index in [-0.39, 0.29) is 31.2 Å². The van der Waals surface area contributed by atoms with Crippen LogP contribution in [0.5, 0.6) is 11.5 Å². The normalized spacial score (nSPS) is 15.5. The highest BCUT2D eigenvalue weighted by Gasteiger charge is 2.28. The predicted molar refractivity (Wildman–Crippen MR) is 87.3 cm³/mol. The molecule has 0 fully saturated rings. The molecule has 3 rings (SSSR count). The third-order valence-corrected chi connectivity index (χ3v) is 3.73. The molecule has 0 unspecified atom stereocenters. The molecule has 0 saturated heterocycles. The van der Waals surface area contributed by atoms with Gasteiger partial charge in [-0.25, -0.2) is 9.18 Å². The van der Waals surface area contributed by atoms with Gasteiger partial charge in [0.15, 0.2) is 17.3 Å². The van der Waals surface area contributed by atoms with Crippen molar-refractivity contribution in [3.05, 3.63) is 59.9 Å². The molecule has 1 heterocycles. The lowest BCUT2D eigenvalue weighted by atomic mass is 10.1. The van der Waals surface area contributed by atoms with Crippen molar-refractivity contribution < 1.29 is 28.2 Å². The van der Waals surface area contributed by atoms with Crippen molar-refractivity contribution in [2.45, 2.75) is 18.9 Å². The van der Waals surface area contributed by atoms with Gasteiger partial charge < -0.3 is 14.2 Å². The quantitative estimate of drug-likeness (QED) is 0.458. The number of fused-ring (bicyclic) bond motifs is 1. The van der Waals surface area contributed by atoms with Crippen LogP contribution in [0.3, 0.4) is 0 Å². The average molecular weight is 344 g/mol. The van der Waals surface area contributed by atoms with Crippen molar-refractivity contribution in [2.75, 3.05) is 13.2 Å². The van der Waals surface area contributed by atoms with Crippen molar-refractivity contribution in [3.8, 4) is 11.5 Å². The van der Waals surface area contributed by atoms with E-state index in [1.54, 1.807) is 18.2 Å². The zero-order valence-corrected chi connectivity index (χ0v) is 13.4. The first kappa shape index (κ1) is 17.0. The van der Waals surface area contributed by atoms with E-state index in [0.29, 0.717) is 23.5 Å². The monoisotopic (exact) mass is 344 g/mol. The van der Waals surface area contributed by atoms with E-state index in [2.05, 4.69) is 0 Å². The van der Waals surface area contributed by atoms with E-state index in [4.69, 9.17) is 14.2 Å². The maximum absolute atomic E-state index is 12.8. The molecular weight excluding hydrogens is 327 g/mol. The zero-order chi connectivity index (χ0) is 17.6. The Kier molecular flexibility index (Phi) is 5.28. The molecule has 0 radical (unpaired) electrons. The fourth-order valence-electron chi connectivity index (χ4n) is 2.41. The predicted octanol–water partition coefficient (Wildman–Crippen LogP) is 3.17. The summed E-state index contributed by atoms with van der Waals surface area (Å²) < 4.78 is 29.0. The average Bonchev–Trinajstić information content (AvgIpc) is 2.65. The SMILES string of the molecule is O=C(CCCOC(=O)[C@@H]1COc2ccccc2O1)c1ccc(F)cc1. The first-order valence-corrected chi connectivity index (χ1v) is 7.97. The molecule has 2 aromatic rings. The summed E-state index contributed by atoms with van der Waals surface area (Å²) in [4.78, 5) is 23.9. The molecule has 1 aliphatic heterocycles. The number of halogens is 1. The van der Waals surface area contributed by atoms with E-state index in [0.717, 1.165) is 0 Å². The minimum atomic E-state index is -0.817. The van der Waals surface area contributed by atoms with Crippen LogP contribution in [-0.2, 0) is 9.53 Å². The Hall–Kier alpha value is -2.89. The number of hydrogen-bond donors (Lipinski definition) is 0. The van der Waals surface area contributed by atoms with Crippen LogP contribution in [-0.4, -0.2) is 31.1 Å². The molecule has 2 aromatic carbocycles. The van der Waals surface area contributed by atoms with Gasteiger partial charge in [-0.3, -0.25) is 4.79 Å². The second-order valence-electron chi connectivity index (χ2n) is 5.57. The summed E-state index contributed by atoms with van der Waals surface area (Å²) in [5.74, 6) is 0.0614. The Balaban J connectivity index is 1.41. The molecular formula is C19H17FO5. The second-order valence-corrected chi connectivity index (χ2v) is 5.57. The fraction of sp³-hybridized carbons (Fsp3) is 0.263. The van der Waals surface area contributed by atoms with Crippen LogP contribution in [0.4, 0.5) is 4.39 Å². The molecule has 0 spiro atoms. The summed E-state index contributed by atoms with van der Waals surface area (Å²) in [5, 5.41) is 0. The molecule has 5 nitrogen and oxygen atoms in total. The topological polar surface area (TPSA) is 61.8 Å². The Morgan fingerprint density at radius 3 is 2.56 bits per heavy atom. The largest absolute Gasteiger partial charge is 0.485 e. The van der Waals surface area contributed by atoms with Gasteiger partial charge >= 0.3 is 5.97 Å². The van der Waals surface area contributed by atoms with Crippen LogP contribution in [0.25, 0.3) is 0 Å². The zero-order valence-electron chi connectivity index (χ0n) is 13.4. The Morgan fingerprint density at radius 1 is 1.08 bits per heavy atom.